The summed E-state index contributed by atoms with van der Waals surface area (Å²) in [6.45, 7) is 2.05. The average molecular weight is 394 g/mol. The number of anilines is 2. The summed E-state index contributed by atoms with van der Waals surface area (Å²) in [4.78, 5) is 8.79. The van der Waals surface area contributed by atoms with Crippen molar-refractivity contribution in [2.75, 3.05) is 17.2 Å². The van der Waals surface area contributed by atoms with Crippen LogP contribution in [0.3, 0.4) is 0 Å². The van der Waals surface area contributed by atoms with Gasteiger partial charge in [0.05, 0.1) is 17.7 Å². The zero-order valence-electron chi connectivity index (χ0n) is 14.8. The number of hydrogen-bond donors (Lipinski definition) is 5. The lowest BCUT2D eigenvalue weighted by Gasteiger charge is -2.15. The molecule has 0 aliphatic rings. The van der Waals surface area contributed by atoms with Crippen molar-refractivity contribution in [3.8, 4) is 11.5 Å². The van der Waals surface area contributed by atoms with E-state index < -0.39 is 0 Å². The minimum Gasteiger partial charge on any atom is -0.504 e. The van der Waals surface area contributed by atoms with Crippen LogP contribution in [0.25, 0.3) is 11.2 Å². The first-order chi connectivity index (χ1) is 12.9. The Bertz CT molecular complexity index is 959. The minimum atomic E-state index is -0.376. The number of benzene rings is 1. The fraction of sp³-hybridized carbons (Fsp3) is 0.375. The molecule has 11 heteroatoms. The van der Waals surface area contributed by atoms with Crippen molar-refractivity contribution >= 4 is 34.5 Å². The highest BCUT2D eigenvalue weighted by Crippen LogP contribution is 2.36. The standard InChI is InChI=1S/C16H20ClN7O3/c1-3-9(7-25)19-16-20-14(11-15(21-16)24(2)23-22-11)18-6-8-4-5-10(17)13(27)12(8)26/h4-5,9,25-27H,3,6-7H2,1-2H3,(H2,18,19,20,21). The molecule has 2 heterocycles. The van der Waals surface area contributed by atoms with Crippen LogP contribution in [0.4, 0.5) is 11.8 Å². The van der Waals surface area contributed by atoms with Crippen molar-refractivity contribution in [2.24, 2.45) is 7.05 Å². The van der Waals surface area contributed by atoms with Crippen LogP contribution >= 0.6 is 11.6 Å². The van der Waals surface area contributed by atoms with Crippen molar-refractivity contribution in [2.45, 2.75) is 25.9 Å². The zero-order chi connectivity index (χ0) is 19.6. The van der Waals surface area contributed by atoms with Crippen LogP contribution in [0.15, 0.2) is 12.1 Å². The maximum atomic E-state index is 10.0. The van der Waals surface area contributed by atoms with Crippen molar-refractivity contribution in [3.63, 3.8) is 0 Å². The fourth-order valence-corrected chi connectivity index (χ4v) is 2.63. The van der Waals surface area contributed by atoms with Crippen LogP contribution in [0, 0.1) is 0 Å². The van der Waals surface area contributed by atoms with Gasteiger partial charge in [-0.25, -0.2) is 4.68 Å². The summed E-state index contributed by atoms with van der Waals surface area (Å²) < 4.78 is 1.51. The highest BCUT2D eigenvalue weighted by Gasteiger charge is 2.16. The first-order valence-electron chi connectivity index (χ1n) is 8.32. The number of nitrogens with one attached hydrogen (secondary N) is 2. The summed E-state index contributed by atoms with van der Waals surface area (Å²) >= 11 is 5.78. The molecule has 0 saturated heterocycles. The highest BCUT2D eigenvalue weighted by atomic mass is 35.5. The van der Waals surface area contributed by atoms with E-state index in [9.17, 15) is 15.3 Å². The molecular weight excluding hydrogens is 374 g/mol. The molecule has 1 unspecified atom stereocenters. The van der Waals surface area contributed by atoms with Crippen LogP contribution < -0.4 is 10.6 Å². The SMILES string of the molecule is CCC(CO)Nc1nc(NCc2ccc(Cl)c(O)c2O)c2nnn(C)c2n1. The van der Waals surface area contributed by atoms with Crippen molar-refractivity contribution < 1.29 is 15.3 Å². The maximum Gasteiger partial charge on any atom is 0.227 e. The summed E-state index contributed by atoms with van der Waals surface area (Å²) in [6.07, 6.45) is 0.697. The van der Waals surface area contributed by atoms with Gasteiger partial charge in [0.2, 0.25) is 5.95 Å². The topological polar surface area (TPSA) is 141 Å². The summed E-state index contributed by atoms with van der Waals surface area (Å²) in [5, 5.41) is 43.4. The monoisotopic (exact) mass is 393 g/mol. The highest BCUT2D eigenvalue weighted by molar-refractivity contribution is 6.32. The predicted octanol–water partition coefficient (Wildman–Crippen LogP) is 1.62. The van der Waals surface area contributed by atoms with Gasteiger partial charge in [0.15, 0.2) is 28.5 Å². The van der Waals surface area contributed by atoms with Gasteiger partial charge in [-0.1, -0.05) is 29.8 Å². The molecule has 3 rings (SSSR count). The average Bonchev–Trinajstić information content (AvgIpc) is 3.04. The van der Waals surface area contributed by atoms with Gasteiger partial charge < -0.3 is 26.0 Å². The van der Waals surface area contributed by atoms with Crippen LogP contribution in [-0.4, -0.2) is 52.9 Å². The maximum absolute atomic E-state index is 10.0. The van der Waals surface area contributed by atoms with Gasteiger partial charge in [0.1, 0.15) is 0 Å². The fourth-order valence-electron chi connectivity index (χ4n) is 2.48. The Morgan fingerprint density at radius 1 is 1.22 bits per heavy atom. The number of phenols is 2. The number of nitrogens with zero attached hydrogens (tertiary/aromatic N) is 5. The Labute approximate surface area is 159 Å². The number of aromatic hydroxyl groups is 2. The van der Waals surface area contributed by atoms with E-state index in [0.29, 0.717) is 34.9 Å². The molecule has 0 amide bonds. The van der Waals surface area contributed by atoms with E-state index in [2.05, 4.69) is 30.9 Å². The third-order valence-electron chi connectivity index (χ3n) is 4.13. The number of rotatable bonds is 7. The quantitative estimate of drug-likeness (QED) is 0.378. The van der Waals surface area contributed by atoms with E-state index in [1.54, 1.807) is 13.1 Å². The summed E-state index contributed by atoms with van der Waals surface area (Å²) in [5.74, 6) is 0.0419. The third-order valence-corrected chi connectivity index (χ3v) is 4.43. The number of halogens is 1. The summed E-state index contributed by atoms with van der Waals surface area (Å²) in [6, 6.07) is 2.90. The third kappa shape index (κ3) is 3.81. The molecule has 0 radical (unpaired) electrons. The van der Waals surface area contributed by atoms with E-state index in [-0.39, 0.29) is 35.7 Å². The molecule has 144 valence electrons. The number of hydrogen-bond acceptors (Lipinski definition) is 9. The molecule has 0 fully saturated rings. The predicted molar refractivity (Wildman–Crippen MR) is 101 cm³/mol. The first kappa shape index (κ1) is 18.9. The van der Waals surface area contributed by atoms with Gasteiger partial charge in [0.25, 0.3) is 0 Å². The van der Waals surface area contributed by atoms with E-state index >= 15 is 0 Å². The Hall–Kier alpha value is -2.85. The van der Waals surface area contributed by atoms with Gasteiger partial charge in [-0.05, 0) is 12.5 Å². The lowest BCUT2D eigenvalue weighted by molar-refractivity contribution is 0.271. The molecule has 0 spiro atoms. The number of phenolic OH excluding ortho intramolecular Hbond substituents is 2. The van der Waals surface area contributed by atoms with Gasteiger partial charge in [-0.2, -0.15) is 9.97 Å². The minimum absolute atomic E-state index is 0.0534. The largest absolute Gasteiger partial charge is 0.504 e. The number of aromatic nitrogens is 5. The van der Waals surface area contributed by atoms with Gasteiger partial charge in [0, 0.05) is 19.2 Å². The molecule has 0 saturated carbocycles. The molecule has 0 bridgehead atoms. The summed E-state index contributed by atoms with van der Waals surface area (Å²) in [7, 11) is 1.71. The first-order valence-corrected chi connectivity index (χ1v) is 8.70. The van der Waals surface area contributed by atoms with E-state index in [1.807, 2.05) is 6.92 Å². The van der Waals surface area contributed by atoms with Crippen LogP contribution in [0.1, 0.15) is 18.9 Å². The molecule has 5 N–H and O–H groups in total. The van der Waals surface area contributed by atoms with E-state index in [1.165, 1.54) is 10.7 Å². The molecular formula is C16H20ClN7O3. The zero-order valence-corrected chi connectivity index (χ0v) is 15.6. The van der Waals surface area contributed by atoms with Crippen molar-refractivity contribution in [1.82, 2.24) is 25.0 Å². The molecule has 1 atom stereocenters. The molecule has 27 heavy (non-hydrogen) atoms. The van der Waals surface area contributed by atoms with Crippen molar-refractivity contribution in [1.29, 1.82) is 0 Å². The van der Waals surface area contributed by atoms with Gasteiger partial charge >= 0.3 is 0 Å². The van der Waals surface area contributed by atoms with Crippen LogP contribution in [0.2, 0.25) is 5.02 Å². The number of aliphatic hydroxyl groups excluding tert-OH is 1. The second-order valence-corrected chi connectivity index (χ2v) is 6.38. The van der Waals surface area contributed by atoms with E-state index in [4.69, 9.17) is 11.6 Å². The molecule has 0 aliphatic heterocycles. The molecule has 1 aromatic carbocycles. The second kappa shape index (κ2) is 7.80. The molecule has 3 aromatic rings. The molecule has 0 aliphatic carbocycles. The lowest BCUT2D eigenvalue weighted by atomic mass is 10.2. The Morgan fingerprint density at radius 3 is 2.70 bits per heavy atom. The van der Waals surface area contributed by atoms with Crippen LogP contribution in [-0.2, 0) is 13.6 Å². The number of aryl methyl sites for hydroxylation is 1. The molecule has 2 aromatic heterocycles. The van der Waals surface area contributed by atoms with Crippen molar-refractivity contribution in [3.05, 3.63) is 22.7 Å². The smallest absolute Gasteiger partial charge is 0.227 e. The molecule has 10 nitrogen and oxygen atoms in total. The summed E-state index contributed by atoms with van der Waals surface area (Å²) in [5.41, 5.74) is 1.40. The number of aliphatic hydroxyl groups is 1. The number of fused-ring (bicyclic) bond motifs is 1. The van der Waals surface area contributed by atoms with Gasteiger partial charge in [-0.3, -0.25) is 0 Å². The van der Waals surface area contributed by atoms with Crippen LogP contribution in [0.5, 0.6) is 11.5 Å². The Kier molecular flexibility index (Phi) is 5.47. The van der Waals surface area contributed by atoms with E-state index in [0.717, 1.165) is 0 Å². The Balaban J connectivity index is 1.92. The lowest BCUT2D eigenvalue weighted by Crippen LogP contribution is -2.24. The Morgan fingerprint density at radius 2 is 2.00 bits per heavy atom. The second-order valence-electron chi connectivity index (χ2n) is 5.97. The van der Waals surface area contributed by atoms with Gasteiger partial charge in [-0.15, -0.1) is 5.10 Å². The normalized spacial score (nSPS) is 12.3.